The van der Waals surface area contributed by atoms with Crippen LogP contribution in [-0.4, -0.2) is 30.7 Å². The summed E-state index contributed by atoms with van der Waals surface area (Å²) in [6.45, 7) is 5.09. The predicted octanol–water partition coefficient (Wildman–Crippen LogP) is 0.376. The number of hydrogen-bond acceptors (Lipinski definition) is 3. The zero-order valence-corrected chi connectivity index (χ0v) is 6.41. The van der Waals surface area contributed by atoms with Crippen molar-refractivity contribution >= 4 is 0 Å². The molecule has 0 saturated carbocycles. The zero-order valence-electron chi connectivity index (χ0n) is 6.41. The summed E-state index contributed by atoms with van der Waals surface area (Å²) in [5, 5.41) is 9.38. The quantitative estimate of drug-likeness (QED) is 0.612. The van der Waals surface area contributed by atoms with Crippen molar-refractivity contribution in [2.45, 2.75) is 26.2 Å². The van der Waals surface area contributed by atoms with Gasteiger partial charge in [0.2, 0.25) is 0 Å². The Morgan fingerprint density at radius 2 is 1.80 bits per heavy atom. The van der Waals surface area contributed by atoms with E-state index in [1.807, 2.05) is 13.8 Å². The molecular formula is C7H14O3. The van der Waals surface area contributed by atoms with Crippen molar-refractivity contribution in [2.75, 3.05) is 13.2 Å². The van der Waals surface area contributed by atoms with E-state index in [-0.39, 0.29) is 12.2 Å². The summed E-state index contributed by atoms with van der Waals surface area (Å²) in [6, 6.07) is 0. The summed E-state index contributed by atoms with van der Waals surface area (Å²) in [5.74, 6) is 0.197. The van der Waals surface area contributed by atoms with Gasteiger partial charge in [0.25, 0.3) is 0 Å². The first-order chi connectivity index (χ1) is 4.72. The number of ether oxygens (including phenoxy) is 2. The number of aliphatic hydroxyl groups excluding tert-OH is 1. The van der Waals surface area contributed by atoms with E-state index in [1.54, 1.807) is 0 Å². The van der Waals surface area contributed by atoms with E-state index in [9.17, 15) is 5.11 Å². The monoisotopic (exact) mass is 146 g/mol. The minimum Gasteiger partial charge on any atom is -0.388 e. The van der Waals surface area contributed by atoms with Gasteiger partial charge in [-0.05, 0) is 5.92 Å². The summed E-state index contributed by atoms with van der Waals surface area (Å²) in [7, 11) is 0. The maximum absolute atomic E-state index is 9.38. The maximum Gasteiger partial charge on any atom is 0.183 e. The minimum absolute atomic E-state index is 0.197. The average molecular weight is 146 g/mol. The largest absolute Gasteiger partial charge is 0.388 e. The molecule has 1 aliphatic heterocycles. The Morgan fingerprint density at radius 1 is 1.30 bits per heavy atom. The van der Waals surface area contributed by atoms with Crippen LogP contribution in [0.1, 0.15) is 13.8 Å². The predicted molar refractivity (Wildman–Crippen MR) is 36.5 cm³/mol. The second kappa shape index (κ2) is 3.32. The molecule has 0 aromatic rings. The first-order valence-corrected chi connectivity index (χ1v) is 3.63. The van der Waals surface area contributed by atoms with Crippen LogP contribution in [0.25, 0.3) is 0 Å². The molecule has 60 valence electrons. The molecule has 1 aliphatic rings. The van der Waals surface area contributed by atoms with Crippen LogP contribution in [0.2, 0.25) is 0 Å². The van der Waals surface area contributed by atoms with Crippen LogP contribution < -0.4 is 0 Å². The molecule has 0 aromatic heterocycles. The van der Waals surface area contributed by atoms with Crippen molar-refractivity contribution in [3.8, 4) is 0 Å². The topological polar surface area (TPSA) is 38.7 Å². The van der Waals surface area contributed by atoms with E-state index in [0.717, 1.165) is 0 Å². The normalized spacial score (nSPS) is 24.0. The minimum atomic E-state index is -0.484. The number of hydrogen-bond donors (Lipinski definition) is 1. The van der Waals surface area contributed by atoms with Gasteiger partial charge in [0, 0.05) is 0 Å². The van der Waals surface area contributed by atoms with E-state index < -0.39 is 6.10 Å². The molecule has 3 heteroatoms. The highest BCUT2D eigenvalue weighted by molar-refractivity contribution is 4.66. The third-order valence-electron chi connectivity index (χ3n) is 1.61. The Bertz CT molecular complexity index is 97.0. The average Bonchev–Trinajstić information content (AvgIpc) is 2.36. The fraction of sp³-hybridized carbons (Fsp3) is 1.00. The van der Waals surface area contributed by atoms with Crippen LogP contribution in [0.3, 0.4) is 0 Å². The summed E-state index contributed by atoms with van der Waals surface area (Å²) in [6.07, 6.45) is -0.873. The molecular weight excluding hydrogens is 132 g/mol. The Balaban J connectivity index is 2.32. The lowest BCUT2D eigenvalue weighted by atomic mass is 10.1. The molecule has 0 radical (unpaired) electrons. The second-order valence-electron chi connectivity index (χ2n) is 2.84. The molecule has 0 aromatic carbocycles. The molecule has 3 nitrogen and oxygen atoms in total. The SMILES string of the molecule is CC(C)[C@@H](O)C1OCCO1. The molecule has 0 amide bonds. The third-order valence-corrected chi connectivity index (χ3v) is 1.61. The van der Waals surface area contributed by atoms with Crippen molar-refractivity contribution in [3.05, 3.63) is 0 Å². The van der Waals surface area contributed by atoms with Gasteiger partial charge in [-0.1, -0.05) is 13.8 Å². The summed E-state index contributed by atoms with van der Waals surface area (Å²) < 4.78 is 10.2. The van der Waals surface area contributed by atoms with Gasteiger partial charge < -0.3 is 14.6 Å². The molecule has 0 bridgehead atoms. The van der Waals surface area contributed by atoms with Crippen molar-refractivity contribution < 1.29 is 14.6 Å². The molecule has 0 aliphatic carbocycles. The number of aliphatic hydroxyl groups is 1. The van der Waals surface area contributed by atoms with Crippen LogP contribution in [-0.2, 0) is 9.47 Å². The third kappa shape index (κ3) is 1.68. The fourth-order valence-electron chi connectivity index (χ4n) is 0.888. The maximum atomic E-state index is 9.38. The first kappa shape index (κ1) is 7.98. The molecule has 1 atom stereocenters. The molecule has 0 unspecified atom stereocenters. The molecule has 10 heavy (non-hydrogen) atoms. The van der Waals surface area contributed by atoms with Gasteiger partial charge in [-0.15, -0.1) is 0 Å². The van der Waals surface area contributed by atoms with Gasteiger partial charge in [-0.25, -0.2) is 0 Å². The molecule has 1 fully saturated rings. The van der Waals surface area contributed by atoms with E-state index in [0.29, 0.717) is 13.2 Å². The van der Waals surface area contributed by atoms with E-state index in [1.165, 1.54) is 0 Å². The molecule has 0 spiro atoms. The lowest BCUT2D eigenvalue weighted by Crippen LogP contribution is -2.31. The van der Waals surface area contributed by atoms with E-state index >= 15 is 0 Å². The fourth-order valence-corrected chi connectivity index (χ4v) is 0.888. The molecule has 1 N–H and O–H groups in total. The highest BCUT2D eigenvalue weighted by Gasteiger charge is 2.26. The lowest BCUT2D eigenvalue weighted by Gasteiger charge is -2.19. The van der Waals surface area contributed by atoms with Gasteiger partial charge in [0.1, 0.15) is 6.10 Å². The smallest absolute Gasteiger partial charge is 0.183 e. The van der Waals surface area contributed by atoms with Crippen molar-refractivity contribution in [1.29, 1.82) is 0 Å². The van der Waals surface area contributed by atoms with Gasteiger partial charge in [-0.3, -0.25) is 0 Å². The molecule has 1 rings (SSSR count). The first-order valence-electron chi connectivity index (χ1n) is 3.63. The summed E-state index contributed by atoms with van der Waals surface area (Å²) in [5.41, 5.74) is 0. The van der Waals surface area contributed by atoms with Crippen molar-refractivity contribution in [2.24, 2.45) is 5.92 Å². The lowest BCUT2D eigenvalue weighted by molar-refractivity contribution is -0.134. The Hall–Kier alpha value is -0.120. The van der Waals surface area contributed by atoms with E-state index in [4.69, 9.17) is 9.47 Å². The van der Waals surface area contributed by atoms with Crippen molar-refractivity contribution in [3.63, 3.8) is 0 Å². The van der Waals surface area contributed by atoms with Gasteiger partial charge in [0.15, 0.2) is 6.29 Å². The standard InChI is InChI=1S/C7H14O3/c1-5(2)6(8)7-9-3-4-10-7/h5-8H,3-4H2,1-2H3/t6-/m1/s1. The van der Waals surface area contributed by atoms with Gasteiger partial charge >= 0.3 is 0 Å². The highest BCUT2D eigenvalue weighted by atomic mass is 16.7. The van der Waals surface area contributed by atoms with Crippen molar-refractivity contribution in [1.82, 2.24) is 0 Å². The Kier molecular flexibility index (Phi) is 2.65. The second-order valence-corrected chi connectivity index (χ2v) is 2.84. The van der Waals surface area contributed by atoms with E-state index in [2.05, 4.69) is 0 Å². The van der Waals surface area contributed by atoms with Crippen LogP contribution in [0.4, 0.5) is 0 Å². The number of rotatable bonds is 2. The van der Waals surface area contributed by atoms with Crippen LogP contribution in [0, 0.1) is 5.92 Å². The van der Waals surface area contributed by atoms with Crippen LogP contribution >= 0.6 is 0 Å². The molecule has 1 saturated heterocycles. The van der Waals surface area contributed by atoms with Gasteiger partial charge in [0.05, 0.1) is 13.2 Å². The molecule has 1 heterocycles. The zero-order chi connectivity index (χ0) is 7.56. The Morgan fingerprint density at radius 3 is 2.20 bits per heavy atom. The van der Waals surface area contributed by atoms with Crippen LogP contribution in [0.15, 0.2) is 0 Å². The highest BCUT2D eigenvalue weighted by Crippen LogP contribution is 2.14. The van der Waals surface area contributed by atoms with Crippen LogP contribution in [0.5, 0.6) is 0 Å². The van der Waals surface area contributed by atoms with Gasteiger partial charge in [-0.2, -0.15) is 0 Å². The Labute approximate surface area is 60.9 Å². The summed E-state index contributed by atoms with van der Waals surface area (Å²) in [4.78, 5) is 0. The summed E-state index contributed by atoms with van der Waals surface area (Å²) >= 11 is 0.